The van der Waals surface area contributed by atoms with Gasteiger partial charge in [-0.05, 0) is 37.6 Å². The molecule has 2 rings (SSSR count). The molecule has 21 heavy (non-hydrogen) atoms. The van der Waals surface area contributed by atoms with Gasteiger partial charge in [-0.25, -0.2) is 0 Å². The third-order valence-electron chi connectivity index (χ3n) is 3.62. The Labute approximate surface area is 129 Å². The van der Waals surface area contributed by atoms with E-state index in [1.807, 2.05) is 13.0 Å². The second-order valence-corrected chi connectivity index (χ2v) is 5.60. The van der Waals surface area contributed by atoms with Gasteiger partial charge in [-0.2, -0.15) is 0 Å². The number of benzene rings is 1. The molecule has 1 atom stereocenters. The Morgan fingerprint density at radius 2 is 2.24 bits per heavy atom. The number of rotatable bonds is 5. The van der Waals surface area contributed by atoms with Crippen LogP contribution in [0.1, 0.15) is 18.4 Å². The number of anilines is 1. The first kappa shape index (κ1) is 15.8. The minimum atomic E-state index is -0.134. The Morgan fingerprint density at radius 1 is 1.43 bits per heavy atom. The molecule has 1 unspecified atom stereocenters. The lowest BCUT2D eigenvalue weighted by molar-refractivity contribution is -0.124. The lowest BCUT2D eigenvalue weighted by atomic mass is 10.1. The summed E-state index contributed by atoms with van der Waals surface area (Å²) in [5, 5.41) is 9.37. The van der Waals surface area contributed by atoms with Crippen molar-refractivity contribution < 1.29 is 9.59 Å². The molecule has 2 amide bonds. The number of hydrogen-bond donors (Lipinski definition) is 3. The van der Waals surface area contributed by atoms with Crippen LogP contribution in [-0.2, 0) is 9.59 Å². The minimum Gasteiger partial charge on any atom is -0.355 e. The summed E-state index contributed by atoms with van der Waals surface area (Å²) in [4.78, 5) is 23.6. The Hall–Kier alpha value is -1.59. The van der Waals surface area contributed by atoms with E-state index in [0.717, 1.165) is 25.1 Å². The monoisotopic (exact) mass is 309 g/mol. The van der Waals surface area contributed by atoms with E-state index in [4.69, 9.17) is 11.6 Å². The molecular formula is C15H20ClN3O2. The lowest BCUT2D eigenvalue weighted by Crippen LogP contribution is -2.34. The van der Waals surface area contributed by atoms with Gasteiger partial charge >= 0.3 is 0 Å². The smallest absolute Gasteiger partial charge is 0.226 e. The van der Waals surface area contributed by atoms with E-state index in [1.165, 1.54) is 0 Å². The SMILES string of the molecule is Cc1c(Cl)cccc1NC(=O)CCNC(=O)C1CCNC1. The molecule has 1 aliphatic rings. The van der Waals surface area contributed by atoms with Crippen LogP contribution >= 0.6 is 11.6 Å². The van der Waals surface area contributed by atoms with Crippen LogP contribution in [0.5, 0.6) is 0 Å². The summed E-state index contributed by atoms with van der Waals surface area (Å²) in [7, 11) is 0. The molecule has 1 fully saturated rings. The topological polar surface area (TPSA) is 70.2 Å². The van der Waals surface area contributed by atoms with Crippen LogP contribution in [-0.4, -0.2) is 31.4 Å². The van der Waals surface area contributed by atoms with Crippen molar-refractivity contribution in [1.29, 1.82) is 0 Å². The zero-order valence-electron chi connectivity index (χ0n) is 12.0. The highest BCUT2D eigenvalue weighted by Gasteiger charge is 2.21. The summed E-state index contributed by atoms with van der Waals surface area (Å²) < 4.78 is 0. The van der Waals surface area contributed by atoms with Crippen molar-refractivity contribution in [3.05, 3.63) is 28.8 Å². The van der Waals surface area contributed by atoms with Crippen molar-refractivity contribution in [2.45, 2.75) is 19.8 Å². The molecule has 0 aliphatic carbocycles. The van der Waals surface area contributed by atoms with Crippen molar-refractivity contribution >= 4 is 29.1 Å². The van der Waals surface area contributed by atoms with Crippen LogP contribution in [0, 0.1) is 12.8 Å². The number of amides is 2. The van der Waals surface area contributed by atoms with Gasteiger partial charge in [-0.3, -0.25) is 9.59 Å². The molecular weight excluding hydrogens is 290 g/mol. The third kappa shape index (κ3) is 4.44. The van der Waals surface area contributed by atoms with Gasteiger partial charge in [0.15, 0.2) is 0 Å². The van der Waals surface area contributed by atoms with Gasteiger partial charge in [0.25, 0.3) is 0 Å². The van der Waals surface area contributed by atoms with Gasteiger partial charge in [-0.1, -0.05) is 17.7 Å². The van der Waals surface area contributed by atoms with Gasteiger partial charge in [0.05, 0.1) is 5.92 Å². The fourth-order valence-electron chi connectivity index (χ4n) is 2.28. The molecule has 0 radical (unpaired) electrons. The van der Waals surface area contributed by atoms with Crippen molar-refractivity contribution in [1.82, 2.24) is 10.6 Å². The van der Waals surface area contributed by atoms with Crippen LogP contribution in [0.2, 0.25) is 5.02 Å². The maximum atomic E-state index is 11.9. The molecule has 1 aromatic carbocycles. The Balaban J connectivity index is 1.74. The fraction of sp³-hybridized carbons (Fsp3) is 0.467. The summed E-state index contributed by atoms with van der Waals surface area (Å²) in [6.07, 6.45) is 1.11. The van der Waals surface area contributed by atoms with E-state index >= 15 is 0 Å². The zero-order chi connectivity index (χ0) is 15.2. The standard InChI is InChI=1S/C15H20ClN3O2/c1-10-12(16)3-2-4-13(10)19-14(20)6-8-18-15(21)11-5-7-17-9-11/h2-4,11,17H,5-9H2,1H3,(H,18,21)(H,19,20). The number of halogens is 1. The highest BCUT2D eigenvalue weighted by Crippen LogP contribution is 2.22. The second-order valence-electron chi connectivity index (χ2n) is 5.19. The molecule has 1 aliphatic heterocycles. The van der Waals surface area contributed by atoms with E-state index in [1.54, 1.807) is 12.1 Å². The summed E-state index contributed by atoms with van der Waals surface area (Å²) >= 11 is 6.00. The first-order valence-electron chi connectivity index (χ1n) is 7.11. The molecule has 0 saturated carbocycles. The Kier molecular flexibility index (Phi) is 5.59. The van der Waals surface area contributed by atoms with E-state index < -0.39 is 0 Å². The summed E-state index contributed by atoms with van der Waals surface area (Å²) in [6, 6.07) is 5.38. The average molecular weight is 310 g/mol. The van der Waals surface area contributed by atoms with Crippen molar-refractivity contribution in [3.8, 4) is 0 Å². The van der Waals surface area contributed by atoms with Gasteiger partial charge in [-0.15, -0.1) is 0 Å². The molecule has 0 bridgehead atoms. The molecule has 1 heterocycles. The normalized spacial score (nSPS) is 17.5. The van der Waals surface area contributed by atoms with Crippen LogP contribution in [0.4, 0.5) is 5.69 Å². The highest BCUT2D eigenvalue weighted by atomic mass is 35.5. The molecule has 114 valence electrons. The summed E-state index contributed by atoms with van der Waals surface area (Å²) in [5.74, 6) is -0.0832. The van der Waals surface area contributed by atoms with Crippen LogP contribution in [0.25, 0.3) is 0 Å². The average Bonchev–Trinajstić information content (AvgIpc) is 2.98. The third-order valence-corrected chi connectivity index (χ3v) is 4.03. The maximum Gasteiger partial charge on any atom is 0.226 e. The van der Waals surface area contributed by atoms with Gasteiger partial charge in [0, 0.05) is 30.2 Å². The van der Waals surface area contributed by atoms with Crippen LogP contribution in [0.15, 0.2) is 18.2 Å². The fourth-order valence-corrected chi connectivity index (χ4v) is 2.45. The summed E-state index contributed by atoms with van der Waals surface area (Å²) in [6.45, 7) is 3.81. The largest absolute Gasteiger partial charge is 0.355 e. The molecule has 0 spiro atoms. The number of hydrogen-bond acceptors (Lipinski definition) is 3. The number of carbonyl (C=O) groups excluding carboxylic acids is 2. The number of nitrogens with one attached hydrogen (secondary N) is 3. The quantitative estimate of drug-likeness (QED) is 0.775. The highest BCUT2D eigenvalue weighted by molar-refractivity contribution is 6.31. The first-order chi connectivity index (χ1) is 10.1. The van der Waals surface area contributed by atoms with Crippen molar-refractivity contribution in [2.75, 3.05) is 25.0 Å². The van der Waals surface area contributed by atoms with E-state index in [9.17, 15) is 9.59 Å². The molecule has 1 saturated heterocycles. The van der Waals surface area contributed by atoms with Crippen LogP contribution < -0.4 is 16.0 Å². The van der Waals surface area contributed by atoms with Crippen molar-refractivity contribution in [2.24, 2.45) is 5.92 Å². The van der Waals surface area contributed by atoms with Gasteiger partial charge in [0.2, 0.25) is 11.8 Å². The van der Waals surface area contributed by atoms with E-state index in [0.29, 0.717) is 17.3 Å². The number of carbonyl (C=O) groups is 2. The second kappa shape index (κ2) is 7.43. The Morgan fingerprint density at radius 3 is 2.95 bits per heavy atom. The van der Waals surface area contributed by atoms with E-state index in [-0.39, 0.29) is 24.2 Å². The van der Waals surface area contributed by atoms with Crippen molar-refractivity contribution in [3.63, 3.8) is 0 Å². The predicted octanol–water partition coefficient (Wildman–Crippen LogP) is 1.70. The summed E-state index contributed by atoms with van der Waals surface area (Å²) in [5.41, 5.74) is 1.55. The minimum absolute atomic E-state index is 0.0201. The molecule has 3 N–H and O–H groups in total. The lowest BCUT2D eigenvalue weighted by Gasteiger charge is -2.11. The van der Waals surface area contributed by atoms with Gasteiger partial charge < -0.3 is 16.0 Å². The molecule has 1 aromatic rings. The van der Waals surface area contributed by atoms with E-state index in [2.05, 4.69) is 16.0 Å². The molecule has 5 nitrogen and oxygen atoms in total. The predicted molar refractivity (Wildman–Crippen MR) is 83.4 cm³/mol. The van der Waals surface area contributed by atoms with Gasteiger partial charge in [0.1, 0.15) is 0 Å². The van der Waals surface area contributed by atoms with Crippen LogP contribution in [0.3, 0.4) is 0 Å². The maximum absolute atomic E-state index is 11.9. The first-order valence-corrected chi connectivity index (χ1v) is 7.49. The Bertz CT molecular complexity index is 528. The molecule has 0 aromatic heterocycles. The zero-order valence-corrected chi connectivity index (χ0v) is 12.8. The molecule has 6 heteroatoms.